The van der Waals surface area contributed by atoms with Crippen molar-refractivity contribution in [2.45, 2.75) is 6.10 Å². The number of nitrogens with zero attached hydrogens (tertiary/aromatic N) is 3. The fourth-order valence-corrected chi connectivity index (χ4v) is 1.57. The molecule has 2 rings (SSSR count). The molecule has 17 heavy (non-hydrogen) atoms. The highest BCUT2D eigenvalue weighted by Crippen LogP contribution is 2.09. The number of ether oxygens (including phenoxy) is 2. The van der Waals surface area contributed by atoms with Crippen molar-refractivity contribution >= 4 is 11.9 Å². The molecule has 0 radical (unpaired) electrons. The van der Waals surface area contributed by atoms with Crippen LogP contribution in [0.2, 0.25) is 0 Å². The summed E-state index contributed by atoms with van der Waals surface area (Å²) in [5.41, 5.74) is 0.218. The number of morpholine rings is 1. The largest absolute Gasteiger partial charge is 0.467 e. The lowest BCUT2D eigenvalue weighted by molar-refractivity contribution is -0.158. The van der Waals surface area contributed by atoms with Crippen LogP contribution in [0.3, 0.4) is 0 Å². The Morgan fingerprint density at radius 1 is 1.65 bits per heavy atom. The molecule has 1 aliphatic heterocycles. The number of aromatic amines is 1. The van der Waals surface area contributed by atoms with Gasteiger partial charge in [0.15, 0.2) is 11.8 Å². The molecule has 0 spiro atoms. The summed E-state index contributed by atoms with van der Waals surface area (Å²) in [7, 11) is 1.28. The standard InChI is InChI=1S/C9H12N4O4/c1-16-9(15)7-5-13(2-3-17-7)8(14)6-4-10-12-11-6/h4,7H,2-3,5H2,1H3,(H,10,11,12). The van der Waals surface area contributed by atoms with Crippen LogP contribution in [-0.2, 0) is 14.3 Å². The molecule has 0 saturated carbocycles. The van der Waals surface area contributed by atoms with E-state index in [0.29, 0.717) is 13.2 Å². The average Bonchev–Trinajstić information content (AvgIpc) is 2.91. The summed E-state index contributed by atoms with van der Waals surface area (Å²) in [6.07, 6.45) is 0.606. The second kappa shape index (κ2) is 4.91. The number of aromatic nitrogens is 3. The molecule has 1 aromatic heterocycles. The van der Waals surface area contributed by atoms with Crippen molar-refractivity contribution in [2.75, 3.05) is 26.8 Å². The van der Waals surface area contributed by atoms with Crippen LogP contribution in [0.25, 0.3) is 0 Å². The van der Waals surface area contributed by atoms with Gasteiger partial charge in [0.05, 0.1) is 26.5 Å². The predicted octanol–water partition coefficient (Wildman–Crippen LogP) is -1.18. The maximum absolute atomic E-state index is 11.9. The lowest BCUT2D eigenvalue weighted by atomic mass is 10.2. The molecule has 1 unspecified atom stereocenters. The summed E-state index contributed by atoms with van der Waals surface area (Å²) in [6.45, 7) is 0.876. The molecule has 1 amide bonds. The molecule has 0 aromatic carbocycles. The molecular weight excluding hydrogens is 228 g/mol. The van der Waals surface area contributed by atoms with E-state index in [0.717, 1.165) is 0 Å². The van der Waals surface area contributed by atoms with Crippen LogP contribution >= 0.6 is 0 Å². The fraction of sp³-hybridized carbons (Fsp3) is 0.556. The predicted molar refractivity (Wildman–Crippen MR) is 54.0 cm³/mol. The average molecular weight is 240 g/mol. The van der Waals surface area contributed by atoms with Crippen LogP contribution in [0.5, 0.6) is 0 Å². The number of H-pyrrole nitrogens is 1. The molecule has 8 nitrogen and oxygen atoms in total. The Labute approximate surface area is 96.9 Å². The van der Waals surface area contributed by atoms with Gasteiger partial charge in [0.25, 0.3) is 5.91 Å². The topological polar surface area (TPSA) is 97.4 Å². The van der Waals surface area contributed by atoms with Crippen molar-refractivity contribution in [1.29, 1.82) is 0 Å². The van der Waals surface area contributed by atoms with Crippen molar-refractivity contribution in [3.63, 3.8) is 0 Å². The van der Waals surface area contributed by atoms with Crippen LogP contribution in [0.15, 0.2) is 6.20 Å². The first kappa shape index (κ1) is 11.5. The van der Waals surface area contributed by atoms with Gasteiger partial charge >= 0.3 is 5.97 Å². The van der Waals surface area contributed by atoms with Gasteiger partial charge in [-0.1, -0.05) is 0 Å². The van der Waals surface area contributed by atoms with Crippen LogP contribution in [0.1, 0.15) is 10.5 Å². The Morgan fingerprint density at radius 2 is 2.47 bits per heavy atom. The van der Waals surface area contributed by atoms with E-state index in [2.05, 4.69) is 20.1 Å². The molecule has 1 N–H and O–H groups in total. The highest BCUT2D eigenvalue weighted by molar-refractivity contribution is 5.92. The first-order chi connectivity index (χ1) is 8.22. The second-order valence-corrected chi connectivity index (χ2v) is 3.49. The smallest absolute Gasteiger partial charge is 0.336 e. The molecule has 0 bridgehead atoms. The molecule has 8 heteroatoms. The monoisotopic (exact) mass is 240 g/mol. The molecule has 1 atom stereocenters. The van der Waals surface area contributed by atoms with E-state index in [1.807, 2.05) is 0 Å². The Bertz CT molecular complexity index is 405. The van der Waals surface area contributed by atoms with Gasteiger partial charge in [-0.3, -0.25) is 4.79 Å². The quantitative estimate of drug-likeness (QED) is 0.653. The maximum atomic E-state index is 11.9. The van der Waals surface area contributed by atoms with Gasteiger partial charge in [-0.2, -0.15) is 15.4 Å². The number of esters is 1. The highest BCUT2D eigenvalue weighted by Gasteiger charge is 2.31. The molecule has 1 saturated heterocycles. The van der Waals surface area contributed by atoms with Crippen molar-refractivity contribution in [3.05, 3.63) is 11.9 Å². The van der Waals surface area contributed by atoms with Crippen LogP contribution in [-0.4, -0.2) is 65.1 Å². The van der Waals surface area contributed by atoms with E-state index < -0.39 is 12.1 Å². The zero-order valence-corrected chi connectivity index (χ0v) is 9.25. The van der Waals surface area contributed by atoms with Gasteiger partial charge < -0.3 is 14.4 Å². The van der Waals surface area contributed by atoms with Crippen molar-refractivity contribution in [2.24, 2.45) is 0 Å². The van der Waals surface area contributed by atoms with Gasteiger partial charge in [-0.15, -0.1) is 0 Å². The normalized spacial score (nSPS) is 20.1. The van der Waals surface area contributed by atoms with Crippen molar-refractivity contribution in [1.82, 2.24) is 20.3 Å². The van der Waals surface area contributed by atoms with Gasteiger partial charge in [0.1, 0.15) is 0 Å². The molecular formula is C9H12N4O4. The molecule has 1 aromatic rings. The third-order valence-electron chi connectivity index (χ3n) is 2.45. The minimum Gasteiger partial charge on any atom is -0.467 e. The zero-order valence-electron chi connectivity index (χ0n) is 9.25. The number of nitrogens with one attached hydrogen (secondary N) is 1. The van der Waals surface area contributed by atoms with Crippen LogP contribution in [0, 0.1) is 0 Å². The SMILES string of the molecule is COC(=O)C1CN(C(=O)c2cn[nH]n2)CCO1. The van der Waals surface area contributed by atoms with Crippen LogP contribution < -0.4 is 0 Å². The summed E-state index contributed by atoms with van der Waals surface area (Å²) in [6, 6.07) is 0. The fourth-order valence-electron chi connectivity index (χ4n) is 1.57. The van der Waals surface area contributed by atoms with E-state index in [-0.39, 0.29) is 18.1 Å². The van der Waals surface area contributed by atoms with Gasteiger partial charge in [0, 0.05) is 6.54 Å². The number of carbonyl (C=O) groups is 2. The summed E-state index contributed by atoms with van der Waals surface area (Å²) in [5, 5.41) is 9.62. The lowest BCUT2D eigenvalue weighted by Gasteiger charge is -2.30. The Morgan fingerprint density at radius 3 is 3.12 bits per heavy atom. The Balaban J connectivity index is 2.02. The minimum atomic E-state index is -0.732. The Kier molecular flexibility index (Phi) is 3.33. The van der Waals surface area contributed by atoms with E-state index in [9.17, 15) is 9.59 Å². The summed E-state index contributed by atoms with van der Waals surface area (Å²) >= 11 is 0. The molecule has 1 fully saturated rings. The van der Waals surface area contributed by atoms with Crippen molar-refractivity contribution in [3.8, 4) is 0 Å². The first-order valence-electron chi connectivity index (χ1n) is 5.07. The molecule has 92 valence electrons. The number of rotatable bonds is 2. The number of carbonyl (C=O) groups excluding carboxylic acids is 2. The molecule has 0 aliphatic carbocycles. The highest BCUT2D eigenvalue weighted by atomic mass is 16.6. The van der Waals surface area contributed by atoms with E-state index >= 15 is 0 Å². The third-order valence-corrected chi connectivity index (χ3v) is 2.45. The summed E-state index contributed by atoms with van der Waals surface area (Å²) in [5.74, 6) is -0.765. The Hall–Kier alpha value is -1.96. The van der Waals surface area contributed by atoms with Crippen molar-refractivity contribution < 1.29 is 19.1 Å². The van der Waals surface area contributed by atoms with E-state index in [4.69, 9.17) is 4.74 Å². The lowest BCUT2D eigenvalue weighted by Crippen LogP contribution is -2.49. The minimum absolute atomic E-state index is 0.165. The number of hydrogen-bond donors (Lipinski definition) is 1. The number of hydrogen-bond acceptors (Lipinski definition) is 6. The van der Waals surface area contributed by atoms with Gasteiger partial charge in [0.2, 0.25) is 0 Å². The molecule has 1 aliphatic rings. The van der Waals surface area contributed by atoms with Gasteiger partial charge in [-0.05, 0) is 0 Å². The third kappa shape index (κ3) is 2.41. The number of amides is 1. The zero-order chi connectivity index (χ0) is 12.3. The summed E-state index contributed by atoms with van der Waals surface area (Å²) in [4.78, 5) is 24.7. The second-order valence-electron chi connectivity index (χ2n) is 3.49. The summed E-state index contributed by atoms with van der Waals surface area (Å²) < 4.78 is 9.79. The first-order valence-corrected chi connectivity index (χ1v) is 5.07. The van der Waals surface area contributed by atoms with Crippen LogP contribution in [0.4, 0.5) is 0 Å². The van der Waals surface area contributed by atoms with E-state index in [1.54, 1.807) is 0 Å². The number of methoxy groups -OCH3 is 1. The maximum Gasteiger partial charge on any atom is 0.336 e. The van der Waals surface area contributed by atoms with E-state index in [1.165, 1.54) is 18.2 Å². The molecule has 2 heterocycles. The van der Waals surface area contributed by atoms with Gasteiger partial charge in [-0.25, -0.2) is 4.79 Å².